The molecule has 0 aliphatic heterocycles. The largest absolute Gasteiger partial charge is 0.255 e. The van der Waals surface area contributed by atoms with Crippen molar-refractivity contribution >= 4 is 0 Å². The molecule has 0 atom stereocenters. The molecule has 2 aromatic heterocycles. The molecule has 0 amide bonds. The van der Waals surface area contributed by atoms with Crippen LogP contribution in [-0.4, -0.2) is 20.0 Å². The van der Waals surface area contributed by atoms with Gasteiger partial charge in [0.25, 0.3) is 0 Å². The molecule has 0 spiro atoms. The summed E-state index contributed by atoms with van der Waals surface area (Å²) in [4.78, 5) is 6.22. The topological polar surface area (TPSA) is 43.6 Å². The first kappa shape index (κ1) is 10.8. The van der Waals surface area contributed by atoms with Crippen molar-refractivity contribution in [2.75, 3.05) is 0 Å². The number of aromatic nitrogens is 4. The standard InChI is InChI=1S/C12H16N4/c1-9-5-6-10(16-13-7-8-14-16)11(15-9)12(2,3)4/h5-8H,1-4H3. The highest BCUT2D eigenvalue weighted by Crippen LogP contribution is 2.25. The Balaban J connectivity index is 2.62. The van der Waals surface area contributed by atoms with Gasteiger partial charge in [-0.3, -0.25) is 4.98 Å². The van der Waals surface area contributed by atoms with Gasteiger partial charge in [0.2, 0.25) is 0 Å². The monoisotopic (exact) mass is 216 g/mol. The van der Waals surface area contributed by atoms with E-state index in [0.29, 0.717) is 0 Å². The zero-order valence-corrected chi connectivity index (χ0v) is 10.1. The van der Waals surface area contributed by atoms with E-state index < -0.39 is 0 Å². The van der Waals surface area contributed by atoms with Crippen molar-refractivity contribution < 1.29 is 0 Å². The number of nitrogens with zero attached hydrogens (tertiary/aromatic N) is 4. The van der Waals surface area contributed by atoms with Crippen LogP contribution in [-0.2, 0) is 5.41 Å². The maximum Gasteiger partial charge on any atom is 0.108 e. The van der Waals surface area contributed by atoms with E-state index >= 15 is 0 Å². The van der Waals surface area contributed by atoms with Crippen LogP contribution in [0.25, 0.3) is 5.69 Å². The molecule has 0 fully saturated rings. The predicted octanol–water partition coefficient (Wildman–Crippen LogP) is 2.27. The van der Waals surface area contributed by atoms with Crippen LogP contribution in [0.2, 0.25) is 0 Å². The zero-order valence-electron chi connectivity index (χ0n) is 10.1. The highest BCUT2D eigenvalue weighted by atomic mass is 15.5. The zero-order chi connectivity index (χ0) is 11.8. The van der Waals surface area contributed by atoms with E-state index in [1.54, 1.807) is 17.2 Å². The molecule has 16 heavy (non-hydrogen) atoms. The fourth-order valence-corrected chi connectivity index (χ4v) is 1.60. The Labute approximate surface area is 95.3 Å². The first-order valence-electron chi connectivity index (χ1n) is 5.33. The van der Waals surface area contributed by atoms with Gasteiger partial charge in [0, 0.05) is 11.1 Å². The van der Waals surface area contributed by atoms with E-state index in [4.69, 9.17) is 0 Å². The second kappa shape index (κ2) is 3.70. The average molecular weight is 216 g/mol. The summed E-state index contributed by atoms with van der Waals surface area (Å²) >= 11 is 0. The van der Waals surface area contributed by atoms with Crippen molar-refractivity contribution in [3.8, 4) is 5.69 Å². The van der Waals surface area contributed by atoms with Crippen LogP contribution in [0.15, 0.2) is 24.5 Å². The van der Waals surface area contributed by atoms with Gasteiger partial charge < -0.3 is 0 Å². The van der Waals surface area contributed by atoms with Gasteiger partial charge in [0.1, 0.15) is 5.69 Å². The molecule has 0 unspecified atom stereocenters. The summed E-state index contributed by atoms with van der Waals surface area (Å²) in [5.74, 6) is 0. The quantitative estimate of drug-likeness (QED) is 0.734. The van der Waals surface area contributed by atoms with Crippen molar-refractivity contribution in [3.63, 3.8) is 0 Å². The molecule has 2 heterocycles. The Bertz CT molecular complexity index is 480. The van der Waals surface area contributed by atoms with Crippen LogP contribution in [0.4, 0.5) is 0 Å². The first-order valence-corrected chi connectivity index (χ1v) is 5.33. The third-order valence-corrected chi connectivity index (χ3v) is 2.36. The molecule has 0 N–H and O–H groups in total. The van der Waals surface area contributed by atoms with Crippen molar-refractivity contribution in [1.82, 2.24) is 20.0 Å². The van der Waals surface area contributed by atoms with Crippen molar-refractivity contribution in [1.29, 1.82) is 0 Å². The number of aryl methyl sites for hydroxylation is 1. The fourth-order valence-electron chi connectivity index (χ4n) is 1.60. The van der Waals surface area contributed by atoms with Gasteiger partial charge in [-0.25, -0.2) is 0 Å². The summed E-state index contributed by atoms with van der Waals surface area (Å²) in [6.07, 6.45) is 3.35. The molecule has 4 heteroatoms. The van der Waals surface area contributed by atoms with Crippen LogP contribution >= 0.6 is 0 Å². The maximum absolute atomic E-state index is 4.60. The Hall–Kier alpha value is -1.71. The minimum absolute atomic E-state index is 0.0189. The molecule has 84 valence electrons. The second-order valence-electron chi connectivity index (χ2n) is 4.89. The summed E-state index contributed by atoms with van der Waals surface area (Å²) < 4.78 is 0. The number of hydrogen-bond acceptors (Lipinski definition) is 3. The van der Waals surface area contributed by atoms with Crippen LogP contribution in [0.1, 0.15) is 32.2 Å². The highest BCUT2D eigenvalue weighted by Gasteiger charge is 2.21. The minimum Gasteiger partial charge on any atom is -0.255 e. The third-order valence-electron chi connectivity index (χ3n) is 2.36. The average Bonchev–Trinajstić information content (AvgIpc) is 2.69. The Morgan fingerprint density at radius 3 is 2.25 bits per heavy atom. The second-order valence-corrected chi connectivity index (χ2v) is 4.89. The Morgan fingerprint density at radius 1 is 1.06 bits per heavy atom. The van der Waals surface area contributed by atoms with Crippen LogP contribution in [0.3, 0.4) is 0 Å². The van der Waals surface area contributed by atoms with Gasteiger partial charge >= 0.3 is 0 Å². The van der Waals surface area contributed by atoms with Gasteiger partial charge in [-0.05, 0) is 19.1 Å². The van der Waals surface area contributed by atoms with Crippen LogP contribution in [0.5, 0.6) is 0 Å². The molecular weight excluding hydrogens is 200 g/mol. The number of hydrogen-bond donors (Lipinski definition) is 0. The molecule has 0 saturated heterocycles. The molecule has 0 aliphatic rings. The van der Waals surface area contributed by atoms with E-state index in [2.05, 4.69) is 36.0 Å². The molecule has 0 saturated carbocycles. The van der Waals surface area contributed by atoms with Crippen molar-refractivity contribution in [3.05, 3.63) is 35.9 Å². The molecule has 0 aliphatic carbocycles. The number of rotatable bonds is 1. The molecular formula is C12H16N4. The van der Waals surface area contributed by atoms with Crippen LogP contribution < -0.4 is 0 Å². The number of pyridine rings is 1. The molecule has 0 aromatic carbocycles. The van der Waals surface area contributed by atoms with E-state index in [-0.39, 0.29) is 5.41 Å². The highest BCUT2D eigenvalue weighted by molar-refractivity contribution is 5.39. The first-order chi connectivity index (χ1) is 7.48. The van der Waals surface area contributed by atoms with Gasteiger partial charge in [-0.15, -0.1) is 4.80 Å². The summed E-state index contributed by atoms with van der Waals surface area (Å²) in [6.45, 7) is 8.42. The summed E-state index contributed by atoms with van der Waals surface area (Å²) in [7, 11) is 0. The smallest absolute Gasteiger partial charge is 0.108 e. The van der Waals surface area contributed by atoms with E-state index in [1.807, 2.05) is 19.1 Å². The third kappa shape index (κ3) is 1.96. The molecule has 0 radical (unpaired) electrons. The molecule has 4 nitrogen and oxygen atoms in total. The van der Waals surface area contributed by atoms with Crippen LogP contribution in [0, 0.1) is 6.92 Å². The molecule has 2 aromatic rings. The van der Waals surface area contributed by atoms with Gasteiger partial charge in [-0.2, -0.15) is 10.2 Å². The molecule has 0 bridgehead atoms. The summed E-state index contributed by atoms with van der Waals surface area (Å²) in [5, 5.41) is 8.31. The van der Waals surface area contributed by atoms with Crippen molar-refractivity contribution in [2.45, 2.75) is 33.1 Å². The van der Waals surface area contributed by atoms with E-state index in [1.165, 1.54) is 0 Å². The summed E-state index contributed by atoms with van der Waals surface area (Å²) in [6, 6.07) is 4.00. The lowest BCUT2D eigenvalue weighted by molar-refractivity contribution is 0.554. The lowest BCUT2D eigenvalue weighted by atomic mass is 9.90. The van der Waals surface area contributed by atoms with Gasteiger partial charge in [0.05, 0.1) is 18.1 Å². The Morgan fingerprint density at radius 2 is 1.69 bits per heavy atom. The predicted molar refractivity (Wildman–Crippen MR) is 62.6 cm³/mol. The Kier molecular flexibility index (Phi) is 2.50. The lowest BCUT2D eigenvalue weighted by Crippen LogP contribution is -2.19. The van der Waals surface area contributed by atoms with Crippen molar-refractivity contribution in [2.24, 2.45) is 0 Å². The molecule has 2 rings (SSSR count). The SMILES string of the molecule is Cc1ccc(-n2nccn2)c(C(C)(C)C)n1. The van der Waals surface area contributed by atoms with E-state index in [0.717, 1.165) is 17.1 Å². The van der Waals surface area contributed by atoms with Gasteiger partial charge in [0.15, 0.2) is 0 Å². The summed E-state index contributed by atoms with van der Waals surface area (Å²) in [5.41, 5.74) is 2.96. The normalized spacial score (nSPS) is 11.8. The van der Waals surface area contributed by atoms with E-state index in [9.17, 15) is 0 Å². The fraction of sp³-hybridized carbons (Fsp3) is 0.417. The minimum atomic E-state index is -0.0189. The van der Waals surface area contributed by atoms with Gasteiger partial charge in [-0.1, -0.05) is 20.8 Å². The lowest BCUT2D eigenvalue weighted by Gasteiger charge is -2.21. The maximum atomic E-state index is 4.60.